The molecular weight excluding hydrogens is 284 g/mol. The Morgan fingerprint density at radius 2 is 2.47 bits per heavy atom. The number of pyridine rings is 1. The van der Waals surface area contributed by atoms with Crippen molar-refractivity contribution in [3.05, 3.63) is 28.5 Å². The monoisotopic (exact) mass is 300 g/mol. The normalized spacial score (nSPS) is 21.6. The van der Waals surface area contributed by atoms with Crippen molar-refractivity contribution >= 4 is 15.9 Å². The van der Waals surface area contributed by atoms with Crippen molar-refractivity contribution < 1.29 is 9.84 Å². The highest BCUT2D eigenvalue weighted by molar-refractivity contribution is 9.10. The topological polar surface area (TPSA) is 54.4 Å². The molecule has 0 spiro atoms. The maximum Gasteiger partial charge on any atom is 0.0700 e. The van der Waals surface area contributed by atoms with Crippen LogP contribution in [-0.2, 0) is 4.74 Å². The Bertz CT molecular complexity index is 356. The van der Waals surface area contributed by atoms with Crippen LogP contribution in [0, 0.1) is 0 Å². The lowest BCUT2D eigenvalue weighted by Gasteiger charge is -2.19. The zero-order chi connectivity index (χ0) is 12.1. The Hall–Kier alpha value is -0.490. The van der Waals surface area contributed by atoms with Crippen molar-refractivity contribution in [2.24, 2.45) is 0 Å². The molecule has 5 heteroatoms. The van der Waals surface area contributed by atoms with E-state index in [-0.39, 0.29) is 18.8 Å². The number of halogens is 1. The molecule has 1 fully saturated rings. The molecule has 94 valence electrons. The van der Waals surface area contributed by atoms with Gasteiger partial charge in [-0.1, -0.05) is 0 Å². The second-order valence-corrected chi connectivity index (χ2v) is 5.13. The maximum absolute atomic E-state index is 9.40. The van der Waals surface area contributed by atoms with E-state index in [0.29, 0.717) is 0 Å². The fourth-order valence-corrected chi connectivity index (χ4v) is 2.37. The van der Waals surface area contributed by atoms with Crippen LogP contribution in [0.3, 0.4) is 0 Å². The number of hydrogen-bond acceptors (Lipinski definition) is 4. The molecule has 0 aliphatic carbocycles. The predicted molar refractivity (Wildman–Crippen MR) is 68.7 cm³/mol. The summed E-state index contributed by atoms with van der Waals surface area (Å²) < 4.78 is 6.46. The summed E-state index contributed by atoms with van der Waals surface area (Å²) in [5.41, 5.74) is 0.986. The van der Waals surface area contributed by atoms with Crippen LogP contribution in [0.4, 0.5) is 0 Å². The molecule has 0 bridgehead atoms. The maximum atomic E-state index is 9.40. The molecule has 1 aromatic rings. The van der Waals surface area contributed by atoms with Crippen LogP contribution < -0.4 is 5.32 Å². The van der Waals surface area contributed by atoms with Crippen molar-refractivity contribution in [2.45, 2.75) is 25.0 Å². The predicted octanol–water partition coefficient (Wildman–Crippen LogP) is 1.65. The van der Waals surface area contributed by atoms with Gasteiger partial charge in [-0.25, -0.2) is 0 Å². The Balaban J connectivity index is 1.91. The molecule has 2 rings (SSSR count). The second-order valence-electron chi connectivity index (χ2n) is 4.21. The SMILES string of the molecule is OCC(NCC1CCCO1)c1cncc(Br)c1. The van der Waals surface area contributed by atoms with E-state index in [4.69, 9.17) is 4.74 Å². The summed E-state index contributed by atoms with van der Waals surface area (Å²) in [6, 6.07) is 1.89. The third-order valence-corrected chi connectivity index (χ3v) is 3.36. The summed E-state index contributed by atoms with van der Waals surface area (Å²) in [5, 5.41) is 12.7. The van der Waals surface area contributed by atoms with Gasteiger partial charge in [0.15, 0.2) is 0 Å². The minimum Gasteiger partial charge on any atom is -0.394 e. The van der Waals surface area contributed by atoms with Gasteiger partial charge in [0.25, 0.3) is 0 Å². The van der Waals surface area contributed by atoms with E-state index < -0.39 is 0 Å². The van der Waals surface area contributed by atoms with Gasteiger partial charge in [-0.3, -0.25) is 4.98 Å². The fourth-order valence-electron chi connectivity index (χ4n) is 1.99. The summed E-state index contributed by atoms with van der Waals surface area (Å²) in [5.74, 6) is 0. The van der Waals surface area contributed by atoms with Crippen LogP contribution in [0.5, 0.6) is 0 Å². The van der Waals surface area contributed by atoms with E-state index in [1.165, 1.54) is 0 Å². The van der Waals surface area contributed by atoms with Crippen molar-refractivity contribution in [2.75, 3.05) is 19.8 Å². The van der Waals surface area contributed by atoms with Crippen molar-refractivity contribution in [3.8, 4) is 0 Å². The number of ether oxygens (including phenoxy) is 1. The molecule has 1 saturated heterocycles. The van der Waals surface area contributed by atoms with Gasteiger partial charge in [0.05, 0.1) is 18.8 Å². The number of rotatable bonds is 5. The zero-order valence-corrected chi connectivity index (χ0v) is 11.2. The first kappa shape index (κ1) is 13.0. The highest BCUT2D eigenvalue weighted by atomic mass is 79.9. The van der Waals surface area contributed by atoms with E-state index >= 15 is 0 Å². The largest absolute Gasteiger partial charge is 0.394 e. The molecular formula is C12H17BrN2O2. The van der Waals surface area contributed by atoms with Crippen molar-refractivity contribution in [3.63, 3.8) is 0 Å². The lowest BCUT2D eigenvalue weighted by atomic mass is 10.1. The molecule has 2 atom stereocenters. The van der Waals surface area contributed by atoms with Crippen LogP contribution in [0.25, 0.3) is 0 Å². The Kier molecular flexibility index (Phi) is 4.91. The van der Waals surface area contributed by atoms with Crippen LogP contribution in [0.1, 0.15) is 24.4 Å². The molecule has 2 unspecified atom stereocenters. The van der Waals surface area contributed by atoms with Crippen molar-refractivity contribution in [1.82, 2.24) is 10.3 Å². The summed E-state index contributed by atoms with van der Waals surface area (Å²) in [6.45, 7) is 1.69. The highest BCUT2D eigenvalue weighted by Gasteiger charge is 2.18. The first-order valence-corrected chi connectivity index (χ1v) is 6.65. The fraction of sp³-hybridized carbons (Fsp3) is 0.583. The zero-order valence-electron chi connectivity index (χ0n) is 9.60. The van der Waals surface area contributed by atoms with Crippen LogP contribution >= 0.6 is 15.9 Å². The molecule has 1 aliphatic heterocycles. The summed E-state index contributed by atoms with van der Waals surface area (Å²) in [7, 11) is 0. The smallest absolute Gasteiger partial charge is 0.0700 e. The summed E-state index contributed by atoms with van der Waals surface area (Å²) in [6.07, 6.45) is 6.02. The number of hydrogen-bond donors (Lipinski definition) is 2. The van der Waals surface area contributed by atoms with Gasteiger partial charge in [-0.2, -0.15) is 0 Å². The number of aromatic nitrogens is 1. The molecule has 4 nitrogen and oxygen atoms in total. The highest BCUT2D eigenvalue weighted by Crippen LogP contribution is 2.17. The van der Waals surface area contributed by atoms with E-state index in [2.05, 4.69) is 26.2 Å². The molecule has 0 radical (unpaired) electrons. The van der Waals surface area contributed by atoms with Gasteiger partial charge in [-0.05, 0) is 40.4 Å². The van der Waals surface area contributed by atoms with Crippen LogP contribution in [0.15, 0.2) is 22.9 Å². The number of nitrogens with one attached hydrogen (secondary N) is 1. The number of aliphatic hydroxyl groups excluding tert-OH is 1. The minimum atomic E-state index is -0.0794. The van der Waals surface area contributed by atoms with E-state index in [1.54, 1.807) is 12.4 Å². The average Bonchev–Trinajstić information content (AvgIpc) is 2.83. The second kappa shape index (κ2) is 6.44. The molecule has 1 aliphatic rings. The Morgan fingerprint density at radius 1 is 1.59 bits per heavy atom. The molecule has 0 saturated carbocycles. The number of aliphatic hydroxyl groups is 1. The van der Waals surface area contributed by atoms with Gasteiger partial charge in [0.1, 0.15) is 0 Å². The van der Waals surface area contributed by atoms with Crippen molar-refractivity contribution in [1.29, 1.82) is 0 Å². The standard InChI is InChI=1S/C12H17BrN2O2/c13-10-4-9(5-14-6-10)12(8-16)15-7-11-2-1-3-17-11/h4-6,11-12,15-16H,1-3,7-8H2. The molecule has 17 heavy (non-hydrogen) atoms. The first-order chi connectivity index (χ1) is 8.29. The lowest BCUT2D eigenvalue weighted by molar-refractivity contribution is 0.104. The van der Waals surface area contributed by atoms with Gasteiger partial charge in [0.2, 0.25) is 0 Å². The van der Waals surface area contributed by atoms with Crippen LogP contribution in [0.2, 0.25) is 0 Å². The third-order valence-electron chi connectivity index (χ3n) is 2.93. The molecule has 2 heterocycles. The minimum absolute atomic E-state index is 0.0604. The molecule has 2 N–H and O–H groups in total. The lowest BCUT2D eigenvalue weighted by Crippen LogP contribution is -2.32. The average molecular weight is 301 g/mol. The summed E-state index contributed by atoms with van der Waals surface area (Å²) in [4.78, 5) is 4.10. The quantitative estimate of drug-likeness (QED) is 0.868. The van der Waals surface area contributed by atoms with E-state index in [9.17, 15) is 5.11 Å². The van der Waals surface area contributed by atoms with E-state index in [0.717, 1.165) is 36.0 Å². The number of nitrogens with zero attached hydrogens (tertiary/aromatic N) is 1. The van der Waals surface area contributed by atoms with Gasteiger partial charge >= 0.3 is 0 Å². The molecule has 0 aromatic carbocycles. The Labute approximate surface area is 110 Å². The van der Waals surface area contributed by atoms with Gasteiger partial charge in [-0.15, -0.1) is 0 Å². The molecule has 1 aromatic heterocycles. The first-order valence-electron chi connectivity index (χ1n) is 5.86. The van der Waals surface area contributed by atoms with Gasteiger partial charge in [0, 0.05) is 30.0 Å². The Morgan fingerprint density at radius 3 is 3.12 bits per heavy atom. The van der Waals surface area contributed by atoms with Crippen LogP contribution in [-0.4, -0.2) is 36.0 Å². The van der Waals surface area contributed by atoms with E-state index in [1.807, 2.05) is 6.07 Å². The summed E-state index contributed by atoms with van der Waals surface area (Å²) >= 11 is 3.38. The molecule has 0 amide bonds. The third kappa shape index (κ3) is 3.74. The van der Waals surface area contributed by atoms with Gasteiger partial charge < -0.3 is 15.2 Å².